The Labute approximate surface area is 160 Å². The molecule has 27 heavy (non-hydrogen) atoms. The number of carbonyl (C=O) groups excluding carboxylic acids is 1. The smallest absolute Gasteiger partial charge is 0.258 e. The molecule has 7 heteroatoms. The average Bonchev–Trinajstić information content (AvgIpc) is 2.70. The molecule has 1 heterocycles. The van der Waals surface area contributed by atoms with Gasteiger partial charge in [0, 0.05) is 12.0 Å². The van der Waals surface area contributed by atoms with Crippen LogP contribution in [0.2, 0.25) is 0 Å². The van der Waals surface area contributed by atoms with Crippen molar-refractivity contribution in [1.29, 1.82) is 0 Å². The molecule has 6 nitrogen and oxygen atoms in total. The quantitative estimate of drug-likeness (QED) is 0.371. The minimum Gasteiger partial charge on any atom is -0.497 e. The molecule has 3 rings (SSSR count). The minimum absolute atomic E-state index is 0.0900. The number of aromatic nitrogens is 2. The van der Waals surface area contributed by atoms with E-state index in [9.17, 15) is 14.7 Å². The van der Waals surface area contributed by atoms with Gasteiger partial charge in [-0.1, -0.05) is 42.1 Å². The molecule has 0 aliphatic rings. The van der Waals surface area contributed by atoms with Gasteiger partial charge in [-0.15, -0.1) is 0 Å². The lowest BCUT2D eigenvalue weighted by Crippen LogP contribution is -2.16. The number of thioether (sulfide) groups is 1. The standard InChI is InChI=1S/C20H18N2O4S/c1-26-15-9-7-14(8-10-15)17(23)12-27-20-21-18(24)16(19(25)22-20)11-13-5-3-2-4-6-13/h2-10H,11-12H2,1H3,(H2,21,22,24,25). The zero-order valence-electron chi connectivity index (χ0n) is 14.6. The number of rotatable bonds is 7. The van der Waals surface area contributed by atoms with Crippen molar-refractivity contribution >= 4 is 17.5 Å². The second-order valence-electron chi connectivity index (χ2n) is 5.78. The molecule has 0 bridgehead atoms. The van der Waals surface area contributed by atoms with E-state index in [4.69, 9.17) is 4.74 Å². The van der Waals surface area contributed by atoms with Crippen molar-refractivity contribution in [3.63, 3.8) is 0 Å². The van der Waals surface area contributed by atoms with Gasteiger partial charge in [-0.05, 0) is 29.8 Å². The summed E-state index contributed by atoms with van der Waals surface area (Å²) in [5, 5.41) is 10.3. The van der Waals surface area contributed by atoms with E-state index in [1.54, 1.807) is 31.4 Å². The van der Waals surface area contributed by atoms with Crippen molar-refractivity contribution in [3.05, 3.63) is 81.6 Å². The van der Waals surface area contributed by atoms with Gasteiger partial charge in [-0.25, -0.2) is 0 Å². The number of ether oxygens (including phenoxy) is 1. The van der Waals surface area contributed by atoms with Crippen LogP contribution in [0.15, 0.2) is 64.5 Å². The predicted octanol–water partition coefficient (Wildman–Crippen LogP) is 3.05. The number of carbonyl (C=O) groups is 1. The van der Waals surface area contributed by atoms with Gasteiger partial charge < -0.3 is 14.8 Å². The van der Waals surface area contributed by atoms with E-state index in [1.807, 2.05) is 30.3 Å². The third kappa shape index (κ3) is 4.77. The molecule has 3 aromatic rings. The normalized spacial score (nSPS) is 10.6. The van der Waals surface area contributed by atoms with Gasteiger partial charge in [-0.3, -0.25) is 9.59 Å². The van der Waals surface area contributed by atoms with Crippen LogP contribution in [0.3, 0.4) is 0 Å². The van der Waals surface area contributed by atoms with Crippen LogP contribution in [-0.4, -0.2) is 33.7 Å². The van der Waals surface area contributed by atoms with Crippen LogP contribution in [0, 0.1) is 0 Å². The first-order chi connectivity index (χ1) is 13.1. The van der Waals surface area contributed by atoms with Crippen LogP contribution < -0.4 is 10.3 Å². The number of aromatic hydroxyl groups is 1. The number of aromatic amines is 1. The fourth-order valence-electron chi connectivity index (χ4n) is 2.49. The maximum Gasteiger partial charge on any atom is 0.258 e. The van der Waals surface area contributed by atoms with Crippen molar-refractivity contribution in [2.75, 3.05) is 12.9 Å². The van der Waals surface area contributed by atoms with Gasteiger partial charge in [0.2, 0.25) is 5.88 Å². The highest BCUT2D eigenvalue weighted by Gasteiger charge is 2.13. The Balaban J connectivity index is 1.68. The number of ketones is 1. The molecular formula is C20H18N2O4S. The number of methoxy groups -OCH3 is 1. The second kappa shape index (κ2) is 8.55. The van der Waals surface area contributed by atoms with Crippen molar-refractivity contribution in [2.24, 2.45) is 0 Å². The number of benzene rings is 2. The van der Waals surface area contributed by atoms with Crippen molar-refractivity contribution in [3.8, 4) is 11.6 Å². The lowest BCUT2D eigenvalue weighted by Gasteiger charge is -2.06. The van der Waals surface area contributed by atoms with Gasteiger partial charge in [0.15, 0.2) is 10.9 Å². The summed E-state index contributed by atoms with van der Waals surface area (Å²) in [5.74, 6) is 0.330. The average molecular weight is 382 g/mol. The van der Waals surface area contributed by atoms with E-state index in [0.717, 1.165) is 17.3 Å². The van der Waals surface area contributed by atoms with Crippen LogP contribution >= 0.6 is 11.8 Å². The Hall–Kier alpha value is -3.06. The molecule has 0 amide bonds. The van der Waals surface area contributed by atoms with E-state index in [-0.39, 0.29) is 34.6 Å². The second-order valence-corrected chi connectivity index (χ2v) is 6.74. The molecule has 0 fully saturated rings. The Morgan fingerprint density at radius 3 is 2.48 bits per heavy atom. The van der Waals surface area contributed by atoms with Crippen LogP contribution in [-0.2, 0) is 6.42 Å². The van der Waals surface area contributed by atoms with E-state index >= 15 is 0 Å². The molecule has 2 aromatic carbocycles. The molecule has 0 aliphatic carbocycles. The third-order valence-electron chi connectivity index (χ3n) is 3.95. The summed E-state index contributed by atoms with van der Waals surface area (Å²) in [7, 11) is 1.56. The number of H-pyrrole nitrogens is 1. The first-order valence-electron chi connectivity index (χ1n) is 8.23. The summed E-state index contributed by atoms with van der Waals surface area (Å²) >= 11 is 1.07. The topological polar surface area (TPSA) is 92.3 Å². The molecule has 0 saturated carbocycles. The first kappa shape index (κ1) is 18.7. The molecule has 2 N–H and O–H groups in total. The zero-order valence-corrected chi connectivity index (χ0v) is 15.5. The molecule has 138 valence electrons. The molecule has 0 aliphatic heterocycles. The van der Waals surface area contributed by atoms with Crippen LogP contribution in [0.5, 0.6) is 11.6 Å². The monoisotopic (exact) mass is 382 g/mol. The van der Waals surface area contributed by atoms with E-state index in [1.165, 1.54) is 0 Å². The maximum atomic E-state index is 12.3. The first-order valence-corrected chi connectivity index (χ1v) is 9.21. The van der Waals surface area contributed by atoms with E-state index in [0.29, 0.717) is 11.3 Å². The largest absolute Gasteiger partial charge is 0.497 e. The van der Waals surface area contributed by atoms with E-state index in [2.05, 4.69) is 9.97 Å². The lowest BCUT2D eigenvalue weighted by atomic mass is 10.1. The Morgan fingerprint density at radius 2 is 1.85 bits per heavy atom. The molecule has 0 spiro atoms. The molecule has 0 saturated heterocycles. The van der Waals surface area contributed by atoms with Crippen LogP contribution in [0.4, 0.5) is 0 Å². The van der Waals surface area contributed by atoms with Gasteiger partial charge in [0.05, 0.1) is 18.4 Å². The van der Waals surface area contributed by atoms with Gasteiger partial charge in [0.1, 0.15) is 5.75 Å². The number of nitrogens with zero attached hydrogens (tertiary/aromatic N) is 1. The number of hydrogen-bond donors (Lipinski definition) is 2. The van der Waals surface area contributed by atoms with Gasteiger partial charge >= 0.3 is 0 Å². The summed E-state index contributed by atoms with van der Waals surface area (Å²) in [5.41, 5.74) is 1.23. The van der Waals surface area contributed by atoms with Crippen molar-refractivity contribution in [1.82, 2.24) is 9.97 Å². The summed E-state index contributed by atoms with van der Waals surface area (Å²) in [6.07, 6.45) is 0.282. The maximum absolute atomic E-state index is 12.3. The SMILES string of the molecule is COc1ccc(C(=O)CSc2nc(O)c(Cc3ccccc3)c(=O)[nH]2)cc1. The summed E-state index contributed by atoms with van der Waals surface area (Å²) < 4.78 is 5.06. The van der Waals surface area contributed by atoms with Gasteiger partial charge in [-0.2, -0.15) is 4.98 Å². The summed E-state index contributed by atoms with van der Waals surface area (Å²) in [4.78, 5) is 31.2. The highest BCUT2D eigenvalue weighted by atomic mass is 32.2. The van der Waals surface area contributed by atoms with Gasteiger partial charge in [0.25, 0.3) is 5.56 Å². The number of hydrogen-bond acceptors (Lipinski definition) is 6. The summed E-state index contributed by atoms with van der Waals surface area (Å²) in [6.45, 7) is 0. The minimum atomic E-state index is -0.411. The fourth-order valence-corrected chi connectivity index (χ4v) is 3.24. The van der Waals surface area contributed by atoms with Crippen LogP contribution in [0.25, 0.3) is 0 Å². The highest BCUT2D eigenvalue weighted by molar-refractivity contribution is 7.99. The Bertz CT molecular complexity index is 985. The predicted molar refractivity (Wildman–Crippen MR) is 104 cm³/mol. The van der Waals surface area contributed by atoms with Crippen molar-refractivity contribution < 1.29 is 14.6 Å². The number of nitrogens with one attached hydrogen (secondary N) is 1. The molecular weight excluding hydrogens is 364 g/mol. The fraction of sp³-hybridized carbons (Fsp3) is 0.150. The molecule has 0 unspecified atom stereocenters. The van der Waals surface area contributed by atoms with Crippen LogP contribution in [0.1, 0.15) is 21.5 Å². The van der Waals surface area contributed by atoms with E-state index < -0.39 is 5.56 Å². The molecule has 0 atom stereocenters. The summed E-state index contributed by atoms with van der Waals surface area (Å²) in [6, 6.07) is 16.1. The van der Waals surface area contributed by atoms with Crippen molar-refractivity contribution in [2.45, 2.75) is 11.6 Å². The molecule has 0 radical (unpaired) electrons. The number of Topliss-reactive ketones (excluding diaryl/α,β-unsaturated/α-hetero) is 1. The highest BCUT2D eigenvalue weighted by Crippen LogP contribution is 2.20. The third-order valence-corrected chi connectivity index (χ3v) is 4.82. The Kier molecular flexibility index (Phi) is 5.93. The Morgan fingerprint density at radius 1 is 1.15 bits per heavy atom. The lowest BCUT2D eigenvalue weighted by molar-refractivity contribution is 0.102. The zero-order chi connectivity index (χ0) is 19.2. The molecule has 1 aromatic heterocycles.